The van der Waals surface area contributed by atoms with Gasteiger partial charge in [0.05, 0.1) is 31.0 Å². The van der Waals surface area contributed by atoms with Crippen LogP contribution in [0.15, 0.2) is 24.5 Å². The van der Waals surface area contributed by atoms with Crippen LogP contribution >= 0.6 is 24.8 Å². The Hall–Kier alpha value is -0.880. The number of carbonyl (C=O) groups is 1. The average molecular weight is 294 g/mol. The predicted molar refractivity (Wildman–Crippen MR) is 74.6 cm³/mol. The summed E-state index contributed by atoms with van der Waals surface area (Å²) in [6, 6.07) is 3.60. The maximum atomic E-state index is 11.6. The highest BCUT2D eigenvalue weighted by Gasteiger charge is 2.17. The summed E-state index contributed by atoms with van der Waals surface area (Å²) in [5.74, 6) is -0.0401. The van der Waals surface area contributed by atoms with E-state index in [4.69, 9.17) is 4.74 Å². The van der Waals surface area contributed by atoms with Gasteiger partial charge in [0.15, 0.2) is 0 Å². The molecule has 1 fully saturated rings. The summed E-state index contributed by atoms with van der Waals surface area (Å²) in [6.07, 6.45) is 3.65. The van der Waals surface area contributed by atoms with E-state index < -0.39 is 0 Å². The molecule has 102 valence electrons. The lowest BCUT2D eigenvalue weighted by molar-refractivity contribution is -0.119. The number of amides is 1. The highest BCUT2D eigenvalue weighted by Crippen LogP contribution is 2.06. The maximum Gasteiger partial charge on any atom is 0.227 e. The van der Waals surface area contributed by atoms with Crippen molar-refractivity contribution in [3.63, 3.8) is 0 Å². The first-order chi connectivity index (χ1) is 7.84. The molecular weight excluding hydrogens is 277 g/mol. The van der Waals surface area contributed by atoms with Crippen molar-refractivity contribution in [1.29, 1.82) is 0 Å². The van der Waals surface area contributed by atoms with Crippen LogP contribution < -0.4 is 10.6 Å². The van der Waals surface area contributed by atoms with Crippen LogP contribution in [-0.2, 0) is 9.53 Å². The fraction of sp³-hybridized carbons (Fsp3) is 0.455. The van der Waals surface area contributed by atoms with Crippen molar-refractivity contribution in [3.05, 3.63) is 24.5 Å². The van der Waals surface area contributed by atoms with Gasteiger partial charge >= 0.3 is 0 Å². The van der Waals surface area contributed by atoms with Gasteiger partial charge in [0, 0.05) is 19.3 Å². The Balaban J connectivity index is 0.00000144. The molecule has 0 spiro atoms. The van der Waals surface area contributed by atoms with Crippen LogP contribution in [-0.4, -0.2) is 36.7 Å². The van der Waals surface area contributed by atoms with Crippen LogP contribution in [0.2, 0.25) is 0 Å². The number of carbonyl (C=O) groups excluding carboxylic acids is 1. The van der Waals surface area contributed by atoms with E-state index in [-0.39, 0.29) is 36.8 Å². The molecule has 1 saturated heterocycles. The average Bonchev–Trinajstić information content (AvgIpc) is 2.31. The van der Waals surface area contributed by atoms with Gasteiger partial charge in [-0.15, -0.1) is 24.8 Å². The van der Waals surface area contributed by atoms with Gasteiger partial charge in [-0.25, -0.2) is 0 Å². The minimum Gasteiger partial charge on any atom is -0.375 e. The molecule has 1 aromatic rings. The van der Waals surface area contributed by atoms with E-state index in [1.807, 2.05) is 6.07 Å². The Morgan fingerprint density at radius 1 is 1.56 bits per heavy atom. The number of halogens is 2. The Labute approximate surface area is 119 Å². The quantitative estimate of drug-likeness (QED) is 0.880. The lowest BCUT2D eigenvalue weighted by atomic mass is 10.2. The van der Waals surface area contributed by atoms with Crippen molar-refractivity contribution in [2.24, 2.45) is 0 Å². The lowest BCUT2D eigenvalue weighted by Gasteiger charge is -2.22. The van der Waals surface area contributed by atoms with Gasteiger partial charge in [-0.3, -0.25) is 9.78 Å². The van der Waals surface area contributed by atoms with Crippen LogP contribution in [0.5, 0.6) is 0 Å². The van der Waals surface area contributed by atoms with Gasteiger partial charge in [-0.2, -0.15) is 0 Å². The fourth-order valence-corrected chi connectivity index (χ4v) is 1.61. The van der Waals surface area contributed by atoms with Crippen LogP contribution in [0.3, 0.4) is 0 Å². The molecule has 1 aromatic heterocycles. The molecule has 1 aliphatic heterocycles. The van der Waals surface area contributed by atoms with E-state index in [0.29, 0.717) is 13.0 Å². The molecule has 0 saturated carbocycles. The minimum atomic E-state index is -0.0401. The first-order valence-corrected chi connectivity index (χ1v) is 5.37. The van der Waals surface area contributed by atoms with Gasteiger partial charge in [0.2, 0.25) is 5.91 Å². The summed E-state index contributed by atoms with van der Waals surface area (Å²) in [5.41, 5.74) is 0.719. The summed E-state index contributed by atoms with van der Waals surface area (Å²) in [7, 11) is 0. The van der Waals surface area contributed by atoms with Gasteiger partial charge in [-0.1, -0.05) is 0 Å². The Morgan fingerprint density at radius 3 is 3.00 bits per heavy atom. The highest BCUT2D eigenvalue weighted by atomic mass is 35.5. The summed E-state index contributed by atoms with van der Waals surface area (Å²) < 4.78 is 5.45. The zero-order valence-corrected chi connectivity index (χ0v) is 11.4. The number of pyridine rings is 1. The molecule has 0 aliphatic carbocycles. The summed E-state index contributed by atoms with van der Waals surface area (Å²) in [4.78, 5) is 15.6. The molecule has 7 heteroatoms. The minimum absolute atomic E-state index is 0. The van der Waals surface area contributed by atoms with Gasteiger partial charge in [0.25, 0.3) is 0 Å². The van der Waals surface area contributed by atoms with Crippen LogP contribution in [0.1, 0.15) is 6.42 Å². The van der Waals surface area contributed by atoms with E-state index in [1.165, 1.54) is 0 Å². The van der Waals surface area contributed by atoms with E-state index in [1.54, 1.807) is 18.5 Å². The van der Waals surface area contributed by atoms with E-state index >= 15 is 0 Å². The first-order valence-electron chi connectivity index (χ1n) is 5.37. The van der Waals surface area contributed by atoms with Crippen LogP contribution in [0.4, 0.5) is 5.69 Å². The number of nitrogens with one attached hydrogen (secondary N) is 2. The molecule has 1 amide bonds. The summed E-state index contributed by atoms with van der Waals surface area (Å²) >= 11 is 0. The van der Waals surface area contributed by atoms with Crippen molar-refractivity contribution in [2.75, 3.05) is 25.0 Å². The molecule has 1 aliphatic rings. The second-order valence-corrected chi connectivity index (χ2v) is 3.69. The highest BCUT2D eigenvalue weighted by molar-refractivity contribution is 5.90. The molecule has 1 atom stereocenters. The molecule has 18 heavy (non-hydrogen) atoms. The fourth-order valence-electron chi connectivity index (χ4n) is 1.61. The molecular formula is C11H17Cl2N3O2. The number of rotatable bonds is 3. The number of aromatic nitrogens is 1. The van der Waals surface area contributed by atoms with Crippen molar-refractivity contribution in [2.45, 2.75) is 12.5 Å². The zero-order chi connectivity index (χ0) is 11.2. The van der Waals surface area contributed by atoms with Crippen molar-refractivity contribution in [1.82, 2.24) is 10.3 Å². The Morgan fingerprint density at radius 2 is 2.39 bits per heavy atom. The van der Waals surface area contributed by atoms with Crippen molar-refractivity contribution < 1.29 is 9.53 Å². The third-order valence-corrected chi connectivity index (χ3v) is 2.36. The van der Waals surface area contributed by atoms with Gasteiger partial charge in [-0.05, 0) is 12.1 Å². The smallest absolute Gasteiger partial charge is 0.227 e. The van der Waals surface area contributed by atoms with E-state index in [0.717, 1.165) is 18.8 Å². The number of anilines is 1. The SMILES string of the molecule is Cl.Cl.O=C(CC1CNCCO1)Nc1cccnc1. The van der Waals surface area contributed by atoms with Crippen molar-refractivity contribution >= 4 is 36.4 Å². The predicted octanol–water partition coefficient (Wildman–Crippen LogP) is 1.24. The number of nitrogens with zero attached hydrogens (tertiary/aromatic N) is 1. The monoisotopic (exact) mass is 293 g/mol. The van der Waals surface area contributed by atoms with Crippen molar-refractivity contribution in [3.8, 4) is 0 Å². The second-order valence-electron chi connectivity index (χ2n) is 3.69. The Kier molecular flexibility index (Phi) is 8.66. The number of morpholine rings is 1. The van der Waals surface area contributed by atoms with E-state index in [9.17, 15) is 4.79 Å². The summed E-state index contributed by atoms with van der Waals surface area (Å²) in [6.45, 7) is 2.27. The third kappa shape index (κ3) is 5.64. The number of hydrogen-bond acceptors (Lipinski definition) is 4. The zero-order valence-electron chi connectivity index (χ0n) is 9.80. The number of ether oxygens (including phenoxy) is 1. The third-order valence-electron chi connectivity index (χ3n) is 2.36. The van der Waals surface area contributed by atoms with Gasteiger partial charge in [0.1, 0.15) is 0 Å². The molecule has 2 heterocycles. The molecule has 2 rings (SSSR count). The molecule has 0 bridgehead atoms. The topological polar surface area (TPSA) is 63.2 Å². The maximum absolute atomic E-state index is 11.6. The largest absolute Gasteiger partial charge is 0.375 e. The molecule has 5 nitrogen and oxygen atoms in total. The molecule has 2 N–H and O–H groups in total. The summed E-state index contributed by atoms with van der Waals surface area (Å²) in [5, 5.41) is 5.97. The Bertz CT molecular complexity index is 345. The van der Waals surface area contributed by atoms with Gasteiger partial charge < -0.3 is 15.4 Å². The number of hydrogen-bond donors (Lipinski definition) is 2. The normalized spacial score (nSPS) is 18.1. The van der Waals surface area contributed by atoms with E-state index in [2.05, 4.69) is 15.6 Å². The molecule has 0 radical (unpaired) electrons. The first kappa shape index (κ1) is 17.1. The molecule has 0 aromatic carbocycles. The standard InChI is InChI=1S/C11H15N3O2.2ClH/c15-11(6-10-8-13-4-5-16-10)14-9-2-1-3-12-7-9;;/h1-3,7,10,13H,4-6,8H2,(H,14,15);2*1H. The second kappa shape index (κ2) is 9.10. The molecule has 1 unspecified atom stereocenters. The van der Waals surface area contributed by atoms with Crippen LogP contribution in [0.25, 0.3) is 0 Å². The van der Waals surface area contributed by atoms with Crippen LogP contribution in [0, 0.1) is 0 Å². The lowest BCUT2D eigenvalue weighted by Crippen LogP contribution is -2.40.